The normalized spacial score (nSPS) is 15.4. The van der Waals surface area contributed by atoms with E-state index in [1.165, 1.54) is 12.8 Å². The van der Waals surface area contributed by atoms with Crippen LogP contribution in [0.4, 0.5) is 5.82 Å². The maximum absolute atomic E-state index is 12.1. The van der Waals surface area contributed by atoms with Crippen molar-refractivity contribution in [2.75, 3.05) is 18.0 Å². The van der Waals surface area contributed by atoms with E-state index in [-0.39, 0.29) is 5.91 Å². The number of rotatable bonds is 4. The molecule has 0 saturated carbocycles. The number of nitrogens with one attached hydrogen (secondary N) is 1. The summed E-state index contributed by atoms with van der Waals surface area (Å²) >= 11 is 0. The van der Waals surface area contributed by atoms with Gasteiger partial charge in [0.1, 0.15) is 0 Å². The van der Waals surface area contributed by atoms with Crippen molar-refractivity contribution in [3.05, 3.63) is 47.9 Å². The Balaban J connectivity index is 1.57. The molecule has 6 nitrogen and oxygen atoms in total. The molecular weight excluding hydrogens is 290 g/mol. The zero-order valence-electron chi connectivity index (χ0n) is 13.3. The molecule has 0 aromatic carbocycles. The van der Waals surface area contributed by atoms with Gasteiger partial charge in [0, 0.05) is 32.0 Å². The molecule has 1 saturated heterocycles. The number of amides is 1. The van der Waals surface area contributed by atoms with Crippen molar-refractivity contribution in [2.45, 2.75) is 26.3 Å². The Morgan fingerprint density at radius 3 is 2.57 bits per heavy atom. The Morgan fingerprint density at radius 2 is 1.91 bits per heavy atom. The van der Waals surface area contributed by atoms with E-state index in [9.17, 15) is 4.79 Å². The van der Waals surface area contributed by atoms with Crippen LogP contribution >= 0.6 is 0 Å². The van der Waals surface area contributed by atoms with Crippen molar-refractivity contribution in [3.63, 3.8) is 0 Å². The van der Waals surface area contributed by atoms with E-state index >= 15 is 0 Å². The van der Waals surface area contributed by atoms with E-state index in [2.05, 4.69) is 32.3 Å². The molecule has 0 atom stereocenters. The second kappa shape index (κ2) is 7.17. The smallest absolute Gasteiger partial charge is 0.272 e. The van der Waals surface area contributed by atoms with Gasteiger partial charge < -0.3 is 10.2 Å². The zero-order chi connectivity index (χ0) is 16.1. The fraction of sp³-hybridized carbons (Fsp3) is 0.412. The number of anilines is 1. The first-order valence-corrected chi connectivity index (χ1v) is 7.98. The predicted octanol–water partition coefficient (Wildman–Crippen LogP) is 2.04. The van der Waals surface area contributed by atoms with Gasteiger partial charge in [-0.05, 0) is 48.6 Å². The molecule has 23 heavy (non-hydrogen) atoms. The molecular formula is C17H21N5O. The first-order chi connectivity index (χ1) is 11.2. The van der Waals surface area contributed by atoms with Crippen LogP contribution in [0.3, 0.4) is 0 Å². The molecule has 0 aliphatic carbocycles. The lowest BCUT2D eigenvalue weighted by Crippen LogP contribution is -2.33. The summed E-state index contributed by atoms with van der Waals surface area (Å²) in [6.07, 6.45) is 5.76. The third-order valence-corrected chi connectivity index (χ3v) is 4.19. The average molecular weight is 311 g/mol. The highest BCUT2D eigenvalue weighted by molar-refractivity contribution is 5.92. The van der Waals surface area contributed by atoms with Crippen LogP contribution in [-0.4, -0.2) is 34.2 Å². The van der Waals surface area contributed by atoms with E-state index in [1.54, 1.807) is 18.5 Å². The van der Waals surface area contributed by atoms with Gasteiger partial charge in [-0.3, -0.25) is 9.78 Å². The lowest BCUT2D eigenvalue weighted by molar-refractivity contribution is 0.0945. The molecule has 1 aliphatic heterocycles. The van der Waals surface area contributed by atoms with Gasteiger partial charge in [0.2, 0.25) is 0 Å². The second-order valence-corrected chi connectivity index (χ2v) is 5.98. The van der Waals surface area contributed by atoms with Crippen LogP contribution in [0.2, 0.25) is 0 Å². The molecule has 1 N–H and O–H groups in total. The molecule has 2 aromatic rings. The molecule has 120 valence electrons. The molecule has 1 amide bonds. The van der Waals surface area contributed by atoms with Gasteiger partial charge in [0.05, 0.1) is 0 Å². The third kappa shape index (κ3) is 4.03. The van der Waals surface area contributed by atoms with Crippen LogP contribution < -0.4 is 10.2 Å². The second-order valence-electron chi connectivity index (χ2n) is 5.98. The average Bonchev–Trinajstić information content (AvgIpc) is 2.61. The summed E-state index contributed by atoms with van der Waals surface area (Å²) in [7, 11) is 0. The Labute approximate surface area is 136 Å². The highest BCUT2D eigenvalue weighted by atomic mass is 16.1. The minimum absolute atomic E-state index is 0.215. The summed E-state index contributed by atoms with van der Waals surface area (Å²) in [5.74, 6) is 1.41. The van der Waals surface area contributed by atoms with Gasteiger partial charge in [-0.2, -0.15) is 0 Å². The van der Waals surface area contributed by atoms with E-state index in [1.807, 2.05) is 18.2 Å². The van der Waals surface area contributed by atoms with E-state index < -0.39 is 0 Å². The maximum atomic E-state index is 12.1. The van der Waals surface area contributed by atoms with Crippen molar-refractivity contribution in [2.24, 2.45) is 5.92 Å². The third-order valence-electron chi connectivity index (χ3n) is 4.19. The SMILES string of the molecule is CC1CCN(c2ccc(C(=O)NCc3ccncc3)nn2)CC1. The van der Waals surface area contributed by atoms with Gasteiger partial charge in [-0.15, -0.1) is 10.2 Å². The Bertz CT molecular complexity index is 636. The topological polar surface area (TPSA) is 71.0 Å². The molecule has 3 heterocycles. The number of nitrogens with zero attached hydrogens (tertiary/aromatic N) is 4. The summed E-state index contributed by atoms with van der Waals surface area (Å²) < 4.78 is 0. The summed E-state index contributed by atoms with van der Waals surface area (Å²) in [4.78, 5) is 18.3. The van der Waals surface area contributed by atoms with Crippen LogP contribution in [0, 0.1) is 5.92 Å². The Kier molecular flexibility index (Phi) is 4.80. The van der Waals surface area contributed by atoms with Crippen molar-refractivity contribution in [1.29, 1.82) is 0 Å². The van der Waals surface area contributed by atoms with Crippen LogP contribution in [0.1, 0.15) is 35.8 Å². The van der Waals surface area contributed by atoms with Gasteiger partial charge in [-0.1, -0.05) is 6.92 Å². The fourth-order valence-corrected chi connectivity index (χ4v) is 2.63. The minimum atomic E-state index is -0.215. The number of aromatic nitrogens is 3. The fourth-order valence-electron chi connectivity index (χ4n) is 2.63. The van der Waals surface area contributed by atoms with Crippen molar-refractivity contribution in [1.82, 2.24) is 20.5 Å². The van der Waals surface area contributed by atoms with Crippen LogP contribution in [0.5, 0.6) is 0 Å². The molecule has 0 spiro atoms. The number of carbonyl (C=O) groups excluding carboxylic acids is 1. The van der Waals surface area contributed by atoms with Crippen LogP contribution in [0.25, 0.3) is 0 Å². The highest BCUT2D eigenvalue weighted by Crippen LogP contribution is 2.20. The summed E-state index contributed by atoms with van der Waals surface area (Å²) in [5, 5.41) is 11.1. The summed E-state index contributed by atoms with van der Waals surface area (Å²) in [6.45, 7) is 4.74. The maximum Gasteiger partial charge on any atom is 0.272 e. The number of hydrogen-bond acceptors (Lipinski definition) is 5. The first-order valence-electron chi connectivity index (χ1n) is 7.98. The lowest BCUT2D eigenvalue weighted by Gasteiger charge is -2.30. The number of hydrogen-bond donors (Lipinski definition) is 1. The minimum Gasteiger partial charge on any atom is -0.355 e. The highest BCUT2D eigenvalue weighted by Gasteiger charge is 2.17. The van der Waals surface area contributed by atoms with Gasteiger partial charge in [0.25, 0.3) is 5.91 Å². The molecule has 0 unspecified atom stereocenters. The Hall–Kier alpha value is -2.50. The first kappa shape index (κ1) is 15.4. The predicted molar refractivity (Wildman–Crippen MR) is 88.1 cm³/mol. The van der Waals surface area contributed by atoms with Crippen molar-refractivity contribution >= 4 is 11.7 Å². The molecule has 1 aliphatic rings. The molecule has 2 aromatic heterocycles. The van der Waals surface area contributed by atoms with Crippen molar-refractivity contribution in [3.8, 4) is 0 Å². The number of carbonyl (C=O) groups is 1. The van der Waals surface area contributed by atoms with Crippen LogP contribution in [0.15, 0.2) is 36.7 Å². The molecule has 6 heteroatoms. The molecule has 3 rings (SSSR count). The van der Waals surface area contributed by atoms with E-state index in [0.29, 0.717) is 12.2 Å². The zero-order valence-corrected chi connectivity index (χ0v) is 13.3. The quantitative estimate of drug-likeness (QED) is 0.935. The molecule has 1 fully saturated rings. The molecule has 0 bridgehead atoms. The van der Waals surface area contributed by atoms with Crippen LogP contribution in [-0.2, 0) is 6.54 Å². The Morgan fingerprint density at radius 1 is 1.17 bits per heavy atom. The number of piperidine rings is 1. The van der Waals surface area contributed by atoms with Crippen molar-refractivity contribution < 1.29 is 4.79 Å². The summed E-state index contributed by atoms with van der Waals surface area (Å²) in [6, 6.07) is 7.35. The number of pyridine rings is 1. The van der Waals surface area contributed by atoms with Gasteiger partial charge in [-0.25, -0.2) is 0 Å². The standard InChI is InChI=1S/C17H21N5O/c1-13-6-10-22(11-7-13)16-3-2-15(20-21-16)17(23)19-12-14-4-8-18-9-5-14/h2-5,8-9,13H,6-7,10-12H2,1H3,(H,19,23). The van der Waals surface area contributed by atoms with E-state index in [4.69, 9.17) is 0 Å². The van der Waals surface area contributed by atoms with Gasteiger partial charge >= 0.3 is 0 Å². The molecule has 0 radical (unpaired) electrons. The lowest BCUT2D eigenvalue weighted by atomic mass is 9.99. The largest absolute Gasteiger partial charge is 0.355 e. The van der Waals surface area contributed by atoms with Gasteiger partial charge in [0.15, 0.2) is 11.5 Å². The summed E-state index contributed by atoms with van der Waals surface area (Å²) in [5.41, 5.74) is 1.34. The van der Waals surface area contributed by atoms with E-state index in [0.717, 1.165) is 30.4 Å². The monoisotopic (exact) mass is 311 g/mol.